The molecule has 0 saturated carbocycles. The summed E-state index contributed by atoms with van der Waals surface area (Å²) in [5.41, 5.74) is 7.23. The summed E-state index contributed by atoms with van der Waals surface area (Å²) in [4.78, 5) is 74.2. The zero-order valence-corrected chi connectivity index (χ0v) is 27.6. The Morgan fingerprint density at radius 3 is 2.32 bits per heavy atom. The lowest BCUT2D eigenvalue weighted by Crippen LogP contribution is -2.57. The minimum atomic E-state index is -4.64. The zero-order chi connectivity index (χ0) is 34.4. The summed E-state index contributed by atoms with van der Waals surface area (Å²) in [5, 5.41) is 2.83. The van der Waals surface area contributed by atoms with E-state index in [1.54, 1.807) is 46.2 Å². The van der Waals surface area contributed by atoms with Crippen LogP contribution in [0, 0.1) is 5.41 Å². The Labute approximate surface area is 274 Å². The number of phosphoric acid groups is 1. The molecule has 13 heteroatoms. The van der Waals surface area contributed by atoms with E-state index in [1.165, 1.54) is 12.2 Å². The van der Waals surface area contributed by atoms with Crippen molar-refractivity contribution in [3.8, 4) is 0 Å². The number of nitrogens with one attached hydrogen (secondary N) is 1. The van der Waals surface area contributed by atoms with Gasteiger partial charge in [0.25, 0.3) is 0 Å². The standard InChI is InChI=1S/C34H41N4O8P/c1-34(2,3)30(36-29(39)20-13-23-11-18-27(19-12-23)46-47(43,44)45)33(42)37-21-7-10-28(37)32(41)38(22-24-8-5-4-6-9-24)26-16-14-25(15-17-26)31(35)40/h4-6,8-9,11,13-18,20,28,30H,7,10,12,19,21-22H2,1-3H3,(H2,35,40)(H,36,39)(H2,43,44,45)/b20-13+/t28?,30-/m1/s1. The fraction of sp³-hybridized carbons (Fsp3) is 0.353. The summed E-state index contributed by atoms with van der Waals surface area (Å²) < 4.78 is 15.7. The Hall–Kier alpha value is -4.51. The summed E-state index contributed by atoms with van der Waals surface area (Å²) >= 11 is 0. The largest absolute Gasteiger partial charge is 0.524 e. The maximum Gasteiger partial charge on any atom is 0.524 e. The van der Waals surface area contributed by atoms with Gasteiger partial charge in [-0.25, -0.2) is 4.57 Å². The van der Waals surface area contributed by atoms with Crippen LogP contribution in [0.1, 0.15) is 62.4 Å². The van der Waals surface area contributed by atoms with Crippen molar-refractivity contribution in [3.63, 3.8) is 0 Å². The van der Waals surface area contributed by atoms with Crippen molar-refractivity contribution in [2.45, 2.75) is 65.1 Å². The Morgan fingerprint density at radius 2 is 1.74 bits per heavy atom. The molecule has 0 spiro atoms. The lowest BCUT2D eigenvalue weighted by Gasteiger charge is -2.36. The third-order valence-electron chi connectivity index (χ3n) is 7.96. The van der Waals surface area contributed by atoms with Crippen molar-refractivity contribution < 1.29 is 38.1 Å². The zero-order valence-electron chi connectivity index (χ0n) is 26.7. The predicted molar refractivity (Wildman–Crippen MR) is 176 cm³/mol. The third kappa shape index (κ3) is 9.74. The van der Waals surface area contributed by atoms with E-state index in [4.69, 9.17) is 15.5 Å². The second-order valence-corrected chi connectivity index (χ2v) is 13.8. The van der Waals surface area contributed by atoms with Crippen molar-refractivity contribution in [1.82, 2.24) is 10.2 Å². The lowest BCUT2D eigenvalue weighted by molar-refractivity contribution is -0.142. The van der Waals surface area contributed by atoms with E-state index in [0.717, 1.165) is 11.1 Å². The fourth-order valence-corrected chi connectivity index (χ4v) is 5.98. The highest BCUT2D eigenvalue weighted by molar-refractivity contribution is 7.46. The summed E-state index contributed by atoms with van der Waals surface area (Å²) in [6.07, 6.45) is 7.67. The Morgan fingerprint density at radius 1 is 1.06 bits per heavy atom. The minimum absolute atomic E-state index is 0.151. The van der Waals surface area contributed by atoms with Crippen LogP contribution in [0.3, 0.4) is 0 Å². The predicted octanol–water partition coefficient (Wildman–Crippen LogP) is 4.11. The molecular weight excluding hydrogens is 623 g/mol. The number of hydrogen-bond donors (Lipinski definition) is 4. The first kappa shape index (κ1) is 35.3. The lowest BCUT2D eigenvalue weighted by atomic mass is 9.85. The number of phosphoric ester groups is 1. The van der Waals surface area contributed by atoms with Crippen LogP contribution in [0.15, 0.2) is 90.2 Å². The van der Waals surface area contributed by atoms with Gasteiger partial charge in [0, 0.05) is 30.3 Å². The van der Waals surface area contributed by atoms with E-state index in [2.05, 4.69) is 9.84 Å². The number of hydrogen-bond acceptors (Lipinski definition) is 6. The number of rotatable bonds is 11. The van der Waals surface area contributed by atoms with Gasteiger partial charge in [0.05, 0.1) is 6.54 Å². The van der Waals surface area contributed by atoms with E-state index in [9.17, 15) is 23.7 Å². The molecule has 2 aromatic rings. The molecule has 1 unspecified atom stereocenters. The molecule has 0 radical (unpaired) electrons. The number of anilines is 1. The number of carbonyl (C=O) groups excluding carboxylic acids is 4. The first-order valence-electron chi connectivity index (χ1n) is 15.3. The number of nitrogens with two attached hydrogens (primary N) is 1. The summed E-state index contributed by atoms with van der Waals surface area (Å²) in [6.45, 7) is 6.12. The van der Waals surface area contributed by atoms with Gasteiger partial charge >= 0.3 is 7.82 Å². The molecule has 4 rings (SSSR count). The molecule has 5 N–H and O–H groups in total. The topological polar surface area (TPSA) is 180 Å². The molecule has 0 bridgehead atoms. The molecule has 1 aliphatic carbocycles. The highest BCUT2D eigenvalue weighted by Gasteiger charge is 2.43. The number of primary amides is 1. The van der Waals surface area contributed by atoms with Crippen molar-refractivity contribution in [1.29, 1.82) is 0 Å². The normalized spacial score (nSPS) is 17.5. The van der Waals surface area contributed by atoms with Crippen molar-refractivity contribution in [2.75, 3.05) is 11.4 Å². The van der Waals surface area contributed by atoms with Gasteiger partial charge in [0.2, 0.25) is 23.6 Å². The Balaban J connectivity index is 1.52. The molecule has 2 aromatic carbocycles. The fourth-order valence-electron chi connectivity index (χ4n) is 5.52. The van der Waals surface area contributed by atoms with Crippen LogP contribution < -0.4 is 16.0 Å². The first-order chi connectivity index (χ1) is 22.1. The van der Waals surface area contributed by atoms with Crippen LogP contribution in [-0.4, -0.2) is 56.9 Å². The van der Waals surface area contributed by atoms with Crippen LogP contribution >= 0.6 is 7.82 Å². The number of carbonyl (C=O) groups is 4. The highest BCUT2D eigenvalue weighted by atomic mass is 31.2. The molecule has 47 heavy (non-hydrogen) atoms. The molecule has 250 valence electrons. The van der Waals surface area contributed by atoms with Gasteiger partial charge in [-0.2, -0.15) is 0 Å². The molecule has 12 nitrogen and oxygen atoms in total. The average molecular weight is 665 g/mol. The van der Waals surface area contributed by atoms with Crippen LogP contribution in [0.2, 0.25) is 0 Å². The number of benzene rings is 2. The summed E-state index contributed by atoms with van der Waals surface area (Å²) in [5.74, 6) is -1.56. The van der Waals surface area contributed by atoms with Gasteiger partial charge in [0.1, 0.15) is 17.8 Å². The molecule has 1 fully saturated rings. The van der Waals surface area contributed by atoms with Gasteiger partial charge < -0.3 is 25.4 Å². The molecule has 2 atom stereocenters. The third-order valence-corrected chi connectivity index (χ3v) is 8.43. The summed E-state index contributed by atoms with van der Waals surface area (Å²) in [7, 11) is -4.64. The number of allylic oxidation sites excluding steroid dienone is 5. The summed E-state index contributed by atoms with van der Waals surface area (Å²) in [6, 6.07) is 14.2. The quantitative estimate of drug-likeness (QED) is 0.205. The second-order valence-electron chi connectivity index (χ2n) is 12.6. The van der Waals surface area contributed by atoms with Gasteiger partial charge in [-0.05, 0) is 66.2 Å². The maximum absolute atomic E-state index is 14.2. The molecule has 4 amide bonds. The second kappa shape index (κ2) is 14.9. The first-order valence-corrected chi connectivity index (χ1v) is 16.8. The van der Waals surface area contributed by atoms with E-state index in [1.807, 2.05) is 51.1 Å². The van der Waals surface area contributed by atoms with Crippen LogP contribution in [-0.2, 0) is 30.0 Å². The number of amides is 4. The molecule has 1 aliphatic heterocycles. The van der Waals surface area contributed by atoms with Crippen LogP contribution in [0.4, 0.5) is 5.69 Å². The average Bonchev–Trinajstić information content (AvgIpc) is 3.51. The smallest absolute Gasteiger partial charge is 0.409 e. The van der Waals surface area contributed by atoms with Gasteiger partial charge in [0.15, 0.2) is 0 Å². The number of nitrogens with zero attached hydrogens (tertiary/aromatic N) is 2. The maximum atomic E-state index is 14.2. The molecule has 1 heterocycles. The monoisotopic (exact) mass is 664 g/mol. The van der Waals surface area contributed by atoms with Crippen molar-refractivity contribution in [3.05, 3.63) is 101 Å². The van der Waals surface area contributed by atoms with E-state index in [-0.39, 0.29) is 30.5 Å². The SMILES string of the molecule is CC(C)(C)[C@H](NC(=O)/C=C/C1=CC=C(OP(=O)(O)O)CC1)C(=O)N1CCCC1C(=O)N(Cc1ccccc1)c1ccc(C(N)=O)cc1. The minimum Gasteiger partial charge on any atom is -0.409 e. The van der Waals surface area contributed by atoms with Crippen molar-refractivity contribution >= 4 is 37.1 Å². The van der Waals surface area contributed by atoms with Gasteiger partial charge in [-0.15, -0.1) is 0 Å². The molecule has 2 aliphatic rings. The van der Waals surface area contributed by atoms with E-state index in [0.29, 0.717) is 37.1 Å². The Bertz CT molecular complexity index is 1620. The molecule has 1 saturated heterocycles. The van der Waals surface area contributed by atoms with E-state index >= 15 is 0 Å². The van der Waals surface area contributed by atoms with E-state index < -0.39 is 37.1 Å². The highest BCUT2D eigenvalue weighted by Crippen LogP contribution is 2.41. The van der Waals surface area contributed by atoms with Crippen LogP contribution in [0.25, 0.3) is 0 Å². The molecular formula is C34H41N4O8P. The van der Waals surface area contributed by atoms with Gasteiger partial charge in [-0.1, -0.05) is 63.3 Å². The number of likely N-dealkylation sites (tertiary alicyclic amines) is 1. The Kier molecular flexibility index (Phi) is 11.2. The molecule has 0 aromatic heterocycles. The van der Waals surface area contributed by atoms with Crippen LogP contribution in [0.5, 0.6) is 0 Å². The van der Waals surface area contributed by atoms with Crippen molar-refractivity contribution in [2.24, 2.45) is 11.1 Å². The van der Waals surface area contributed by atoms with Gasteiger partial charge in [-0.3, -0.25) is 29.0 Å².